The lowest BCUT2D eigenvalue weighted by Gasteiger charge is -2.19. The van der Waals surface area contributed by atoms with E-state index in [1.807, 2.05) is 0 Å². The minimum absolute atomic E-state index is 0.00472. The lowest BCUT2D eigenvalue weighted by molar-refractivity contribution is 0.219. The molecule has 6 nitrogen and oxygen atoms in total. The van der Waals surface area contributed by atoms with Gasteiger partial charge in [-0.3, -0.25) is 0 Å². The van der Waals surface area contributed by atoms with Crippen molar-refractivity contribution in [3.63, 3.8) is 0 Å². The number of piperidine rings is 1. The van der Waals surface area contributed by atoms with Crippen LogP contribution in [-0.2, 0) is 10.0 Å². The highest BCUT2D eigenvalue weighted by atomic mass is 79.9. The normalized spacial score (nSPS) is 23.5. The molecule has 2 heterocycles. The Labute approximate surface area is 185 Å². The fraction of sp³-hybridized carbons (Fsp3) is 0.250. The number of aliphatic hydroxyl groups excluding tert-OH is 1. The zero-order valence-electron chi connectivity index (χ0n) is 15.4. The van der Waals surface area contributed by atoms with Crippen molar-refractivity contribution in [1.29, 1.82) is 0 Å². The highest BCUT2D eigenvalue weighted by Gasteiger charge is 2.57. The lowest BCUT2D eigenvalue weighted by atomic mass is 10.2. The number of hydrogen-bond donors (Lipinski definition) is 2. The van der Waals surface area contributed by atoms with Crippen LogP contribution in [0.1, 0.15) is 0 Å². The second-order valence-corrected chi connectivity index (χ2v) is 10.7. The summed E-state index contributed by atoms with van der Waals surface area (Å²) in [6, 6.07) is 9.42. The van der Waals surface area contributed by atoms with Gasteiger partial charge in [0.15, 0.2) is 0 Å². The molecule has 0 amide bonds. The first-order chi connectivity index (χ1) is 14.3. The van der Waals surface area contributed by atoms with Gasteiger partial charge in [-0.05, 0) is 46.3 Å². The molecular weight excluding hydrogens is 497 g/mol. The van der Waals surface area contributed by atoms with E-state index in [1.54, 1.807) is 24.4 Å². The summed E-state index contributed by atoms with van der Waals surface area (Å²) in [5, 5.41) is 9.82. The second-order valence-electron chi connectivity index (χ2n) is 7.56. The molecule has 0 bridgehead atoms. The summed E-state index contributed by atoms with van der Waals surface area (Å²) < 4.78 is 41.8. The van der Waals surface area contributed by atoms with Gasteiger partial charge in [0.05, 0.1) is 27.5 Å². The zero-order valence-corrected chi connectivity index (χ0v) is 18.5. The van der Waals surface area contributed by atoms with Crippen LogP contribution >= 0.6 is 27.5 Å². The largest absolute Gasteiger partial charge is 0.392 e. The van der Waals surface area contributed by atoms with E-state index in [4.69, 9.17) is 11.6 Å². The number of aromatic amines is 1. The number of sulfonamides is 1. The average Bonchev–Trinajstić information content (AvgIpc) is 3.15. The maximum atomic E-state index is 13.8. The van der Waals surface area contributed by atoms with Crippen LogP contribution in [0.15, 0.2) is 52.0 Å². The van der Waals surface area contributed by atoms with Gasteiger partial charge >= 0.3 is 0 Å². The Kier molecular flexibility index (Phi) is 4.79. The zero-order chi connectivity index (χ0) is 21.2. The third kappa shape index (κ3) is 3.29. The molecule has 2 fully saturated rings. The molecule has 0 radical (unpaired) electrons. The molecule has 3 atom stereocenters. The number of aromatic nitrogens is 2. The quantitative estimate of drug-likeness (QED) is 0.555. The summed E-state index contributed by atoms with van der Waals surface area (Å²) in [7, 11) is -3.79. The number of halogens is 3. The van der Waals surface area contributed by atoms with Crippen molar-refractivity contribution in [1.82, 2.24) is 14.3 Å². The standard InChI is InChI=1S/C20H16BrClFN3O3S/c21-14-3-1-10(5-16(14)23)17-7-24-20(25-17)11-2-4-15(22)18(6-11)30(28,29)26-8-12-13(9-26)19(12)27/h1-7,12-13,19,27H,8-9H2,(H,24,25)/t12-,13+,19?. The van der Waals surface area contributed by atoms with Gasteiger partial charge in [-0.15, -0.1) is 0 Å². The maximum Gasteiger partial charge on any atom is 0.244 e. The number of rotatable bonds is 4. The summed E-state index contributed by atoms with van der Waals surface area (Å²) in [6.45, 7) is 0.601. The Balaban J connectivity index is 1.47. The number of fused-ring (bicyclic) bond motifs is 1. The van der Waals surface area contributed by atoms with E-state index in [0.717, 1.165) is 0 Å². The van der Waals surface area contributed by atoms with Gasteiger partial charge < -0.3 is 10.1 Å². The minimum Gasteiger partial charge on any atom is -0.392 e. The molecule has 1 saturated carbocycles. The SMILES string of the molecule is O=S(=O)(c1cc(-c2ncc(-c3ccc(Br)c(F)c3)[nH]2)ccc1Cl)N1C[C@@H]2C(O)[C@@H]2C1. The minimum atomic E-state index is -3.79. The smallest absolute Gasteiger partial charge is 0.244 e. The Morgan fingerprint density at radius 1 is 1.17 bits per heavy atom. The number of hydrogen-bond acceptors (Lipinski definition) is 4. The summed E-state index contributed by atoms with van der Waals surface area (Å²) >= 11 is 9.35. The molecule has 2 N–H and O–H groups in total. The molecule has 10 heteroatoms. The highest BCUT2D eigenvalue weighted by Crippen LogP contribution is 2.47. The number of imidazole rings is 1. The molecule has 30 heavy (non-hydrogen) atoms. The van der Waals surface area contributed by atoms with E-state index >= 15 is 0 Å². The molecular formula is C20H16BrClFN3O3S. The van der Waals surface area contributed by atoms with Crippen molar-refractivity contribution in [3.05, 3.63) is 57.9 Å². The summed E-state index contributed by atoms with van der Waals surface area (Å²) in [4.78, 5) is 7.43. The van der Waals surface area contributed by atoms with Crippen LogP contribution in [0.3, 0.4) is 0 Å². The molecule has 0 spiro atoms. The molecule has 1 aliphatic carbocycles. The maximum absolute atomic E-state index is 13.8. The Bertz CT molecular complexity index is 1250. The van der Waals surface area contributed by atoms with E-state index in [9.17, 15) is 17.9 Å². The van der Waals surface area contributed by atoms with Crippen molar-refractivity contribution >= 4 is 37.6 Å². The Morgan fingerprint density at radius 3 is 2.57 bits per heavy atom. The van der Waals surface area contributed by atoms with Crippen LogP contribution in [0.4, 0.5) is 4.39 Å². The van der Waals surface area contributed by atoms with E-state index in [-0.39, 0.29) is 21.8 Å². The molecule has 1 aliphatic heterocycles. The fourth-order valence-corrected chi connectivity index (χ4v) is 6.18. The van der Waals surface area contributed by atoms with Gasteiger partial charge in [0, 0.05) is 36.1 Å². The van der Waals surface area contributed by atoms with Crippen molar-refractivity contribution < 1.29 is 17.9 Å². The van der Waals surface area contributed by atoms with Crippen molar-refractivity contribution in [2.45, 2.75) is 11.0 Å². The number of H-pyrrole nitrogens is 1. The molecule has 156 valence electrons. The predicted molar refractivity (Wildman–Crippen MR) is 114 cm³/mol. The van der Waals surface area contributed by atoms with Gasteiger partial charge in [-0.25, -0.2) is 17.8 Å². The first-order valence-electron chi connectivity index (χ1n) is 9.24. The Morgan fingerprint density at radius 2 is 1.87 bits per heavy atom. The van der Waals surface area contributed by atoms with Crippen molar-refractivity contribution in [2.24, 2.45) is 11.8 Å². The number of nitrogens with zero attached hydrogens (tertiary/aromatic N) is 2. The van der Waals surface area contributed by atoms with Gasteiger partial charge in [0.1, 0.15) is 16.5 Å². The van der Waals surface area contributed by atoms with E-state index in [2.05, 4.69) is 25.9 Å². The van der Waals surface area contributed by atoms with Crippen LogP contribution in [0, 0.1) is 17.7 Å². The van der Waals surface area contributed by atoms with Gasteiger partial charge in [-0.2, -0.15) is 4.31 Å². The van der Waals surface area contributed by atoms with E-state index in [1.165, 1.54) is 22.5 Å². The second kappa shape index (κ2) is 7.13. The van der Waals surface area contributed by atoms with Crippen molar-refractivity contribution in [3.8, 4) is 22.6 Å². The average molecular weight is 513 g/mol. The molecule has 2 aromatic carbocycles. The van der Waals surface area contributed by atoms with Crippen LogP contribution in [0.5, 0.6) is 0 Å². The summed E-state index contributed by atoms with van der Waals surface area (Å²) in [6.07, 6.45) is 1.17. The number of aliphatic hydroxyl groups is 1. The van der Waals surface area contributed by atoms with Gasteiger partial charge in [0.2, 0.25) is 10.0 Å². The predicted octanol–water partition coefficient (Wildman–Crippen LogP) is 3.91. The molecule has 2 aliphatic rings. The van der Waals surface area contributed by atoms with Crippen LogP contribution in [0.2, 0.25) is 5.02 Å². The van der Waals surface area contributed by atoms with Crippen LogP contribution < -0.4 is 0 Å². The molecule has 1 saturated heterocycles. The Hall–Kier alpha value is -1.78. The van der Waals surface area contributed by atoms with E-state index in [0.29, 0.717) is 40.2 Å². The molecule has 1 unspecified atom stereocenters. The first kappa shape index (κ1) is 20.1. The molecule has 3 aromatic rings. The first-order valence-corrected chi connectivity index (χ1v) is 11.9. The fourth-order valence-electron chi connectivity index (χ4n) is 3.92. The molecule has 1 aromatic heterocycles. The monoisotopic (exact) mass is 511 g/mol. The summed E-state index contributed by atoms with van der Waals surface area (Å²) in [5.41, 5.74) is 1.77. The van der Waals surface area contributed by atoms with E-state index < -0.39 is 21.9 Å². The lowest BCUT2D eigenvalue weighted by Crippen LogP contribution is -2.32. The van der Waals surface area contributed by atoms with Crippen LogP contribution in [0.25, 0.3) is 22.6 Å². The van der Waals surface area contributed by atoms with Gasteiger partial charge in [0.25, 0.3) is 0 Å². The third-order valence-corrected chi connectivity index (χ3v) is 8.70. The highest BCUT2D eigenvalue weighted by molar-refractivity contribution is 9.10. The summed E-state index contributed by atoms with van der Waals surface area (Å²) in [5.74, 6) is 0.0831. The van der Waals surface area contributed by atoms with Crippen molar-refractivity contribution in [2.75, 3.05) is 13.1 Å². The van der Waals surface area contributed by atoms with Gasteiger partial charge in [-0.1, -0.05) is 17.7 Å². The molecule has 5 rings (SSSR count). The topological polar surface area (TPSA) is 86.3 Å². The number of nitrogens with one attached hydrogen (secondary N) is 1. The van der Waals surface area contributed by atoms with Crippen LogP contribution in [-0.4, -0.2) is 47.0 Å². The third-order valence-electron chi connectivity index (χ3n) is 5.74. The number of benzene rings is 2.